The number of nitrogens with one attached hydrogen (secondary N) is 1. The van der Waals surface area contributed by atoms with Crippen LogP contribution in [-0.2, 0) is 32.7 Å². The van der Waals surface area contributed by atoms with Gasteiger partial charge >= 0.3 is 5.97 Å². The monoisotopic (exact) mass is 489 g/mol. The second kappa shape index (κ2) is 8.49. The number of carbonyl (C=O) groups is 2. The highest BCUT2D eigenvalue weighted by Gasteiger charge is 2.61. The van der Waals surface area contributed by atoms with Gasteiger partial charge in [-0.2, -0.15) is 5.26 Å². The standard InChI is InChI=1S/C25H20ClN5O4/c1-2-34-20(32)11-18-21-23(30-29-18)35-22(28)17(12-27)25(21)16-5-3-4-6-19(16)31(24(25)33)13-14-7-9-15(26)10-8-14/h3-10H,2,11,13,28H2,1H3,(H,29,30)/t25-/m0/s1. The predicted molar refractivity (Wildman–Crippen MR) is 126 cm³/mol. The Labute approximate surface area is 205 Å². The summed E-state index contributed by atoms with van der Waals surface area (Å²) in [5.74, 6) is -1.08. The number of aromatic amines is 1. The molecule has 10 heteroatoms. The number of nitriles is 1. The second-order valence-corrected chi connectivity index (χ2v) is 8.54. The van der Waals surface area contributed by atoms with Crippen molar-refractivity contribution in [3.63, 3.8) is 0 Å². The highest BCUT2D eigenvalue weighted by molar-refractivity contribution is 6.30. The van der Waals surface area contributed by atoms with E-state index in [1.807, 2.05) is 24.3 Å². The number of benzene rings is 2. The molecule has 2 aliphatic rings. The summed E-state index contributed by atoms with van der Waals surface area (Å²) < 4.78 is 10.7. The van der Waals surface area contributed by atoms with Gasteiger partial charge in [-0.3, -0.25) is 14.7 Å². The van der Waals surface area contributed by atoms with Crippen LogP contribution in [0, 0.1) is 11.3 Å². The Hall–Kier alpha value is -4.29. The van der Waals surface area contributed by atoms with Crippen molar-refractivity contribution in [3.05, 3.63) is 87.4 Å². The summed E-state index contributed by atoms with van der Waals surface area (Å²) in [6.45, 7) is 2.13. The van der Waals surface area contributed by atoms with Gasteiger partial charge in [0.15, 0.2) is 0 Å². The number of rotatable bonds is 5. The van der Waals surface area contributed by atoms with Crippen LogP contribution in [0.3, 0.4) is 0 Å². The van der Waals surface area contributed by atoms with Gasteiger partial charge in [0.2, 0.25) is 17.7 Å². The van der Waals surface area contributed by atoms with E-state index in [0.717, 1.165) is 5.56 Å². The van der Waals surface area contributed by atoms with Crippen molar-refractivity contribution in [3.8, 4) is 11.9 Å². The van der Waals surface area contributed by atoms with Gasteiger partial charge in [0.05, 0.1) is 30.8 Å². The highest BCUT2D eigenvalue weighted by Crippen LogP contribution is 2.56. The number of halogens is 1. The van der Waals surface area contributed by atoms with Crippen LogP contribution in [0.5, 0.6) is 5.88 Å². The topological polar surface area (TPSA) is 134 Å². The SMILES string of the molecule is CCOC(=O)Cc1[nH]nc2c1[C@@]1(C(=O)N(Cc3ccc(Cl)cc3)c3ccccc31)C(C#N)=C(N)O2. The number of esters is 1. The van der Waals surface area contributed by atoms with Crippen LogP contribution >= 0.6 is 11.6 Å². The van der Waals surface area contributed by atoms with Crippen molar-refractivity contribution < 1.29 is 19.1 Å². The molecule has 1 amide bonds. The van der Waals surface area contributed by atoms with Gasteiger partial charge < -0.3 is 20.1 Å². The molecule has 0 saturated carbocycles. The van der Waals surface area contributed by atoms with Gasteiger partial charge in [-0.25, -0.2) is 0 Å². The van der Waals surface area contributed by atoms with Crippen molar-refractivity contribution in [2.45, 2.75) is 25.3 Å². The van der Waals surface area contributed by atoms with E-state index in [0.29, 0.717) is 22.0 Å². The lowest BCUT2D eigenvalue weighted by Crippen LogP contribution is -2.46. The molecule has 0 aliphatic carbocycles. The van der Waals surface area contributed by atoms with Crippen molar-refractivity contribution >= 4 is 29.2 Å². The summed E-state index contributed by atoms with van der Waals surface area (Å²) in [6.07, 6.45) is -0.188. The fraction of sp³-hybridized carbons (Fsp3) is 0.200. The first-order valence-electron chi connectivity index (χ1n) is 10.9. The Morgan fingerprint density at radius 1 is 1.29 bits per heavy atom. The second-order valence-electron chi connectivity index (χ2n) is 8.10. The Morgan fingerprint density at radius 3 is 2.74 bits per heavy atom. The minimum atomic E-state index is -1.63. The highest BCUT2D eigenvalue weighted by atomic mass is 35.5. The van der Waals surface area contributed by atoms with Gasteiger partial charge in [-0.15, -0.1) is 5.10 Å². The van der Waals surface area contributed by atoms with Gasteiger partial charge in [-0.05, 0) is 30.7 Å². The van der Waals surface area contributed by atoms with E-state index in [1.54, 1.807) is 36.1 Å². The number of ether oxygens (including phenoxy) is 2. The van der Waals surface area contributed by atoms with E-state index in [1.165, 1.54) is 0 Å². The summed E-state index contributed by atoms with van der Waals surface area (Å²) in [5, 5.41) is 17.7. The van der Waals surface area contributed by atoms with E-state index in [4.69, 9.17) is 26.8 Å². The first-order valence-corrected chi connectivity index (χ1v) is 11.3. The minimum absolute atomic E-state index is 0.0392. The Morgan fingerprint density at radius 2 is 2.03 bits per heavy atom. The molecule has 0 saturated heterocycles. The third-order valence-corrected chi connectivity index (χ3v) is 6.42. The number of nitrogens with two attached hydrogens (primary N) is 1. The van der Waals surface area contributed by atoms with Crippen molar-refractivity contribution in [2.75, 3.05) is 11.5 Å². The van der Waals surface area contributed by atoms with Gasteiger partial charge in [0, 0.05) is 16.3 Å². The fourth-order valence-electron chi connectivity index (χ4n) is 4.77. The predicted octanol–water partition coefficient (Wildman–Crippen LogP) is 3.09. The van der Waals surface area contributed by atoms with E-state index in [2.05, 4.69) is 16.3 Å². The first kappa shape index (κ1) is 22.5. The van der Waals surface area contributed by atoms with E-state index in [-0.39, 0.29) is 42.5 Å². The van der Waals surface area contributed by atoms with Crippen molar-refractivity contribution in [2.24, 2.45) is 5.73 Å². The lowest BCUT2D eigenvalue weighted by Gasteiger charge is -2.32. The summed E-state index contributed by atoms with van der Waals surface area (Å²) in [7, 11) is 0. The smallest absolute Gasteiger partial charge is 0.311 e. The molecule has 3 N–H and O–H groups in total. The van der Waals surface area contributed by atoms with E-state index in [9.17, 15) is 14.9 Å². The first-order chi connectivity index (χ1) is 16.9. The third-order valence-electron chi connectivity index (χ3n) is 6.17. The molecule has 2 aromatic carbocycles. The number of anilines is 1. The van der Waals surface area contributed by atoms with Gasteiger partial charge in [-0.1, -0.05) is 41.9 Å². The number of carbonyl (C=O) groups excluding carboxylic acids is 2. The van der Waals surface area contributed by atoms with Crippen LogP contribution in [0.15, 0.2) is 60.0 Å². The maximum Gasteiger partial charge on any atom is 0.311 e. The number of H-pyrrole nitrogens is 1. The molecule has 0 radical (unpaired) electrons. The molecule has 35 heavy (non-hydrogen) atoms. The molecule has 3 heterocycles. The van der Waals surface area contributed by atoms with Crippen LogP contribution in [0.1, 0.15) is 29.3 Å². The van der Waals surface area contributed by atoms with Gasteiger partial charge in [0.25, 0.3) is 0 Å². The summed E-state index contributed by atoms with van der Waals surface area (Å²) in [6, 6.07) is 16.4. The average molecular weight is 490 g/mol. The molecular weight excluding hydrogens is 470 g/mol. The molecular formula is C25H20ClN5O4. The lowest BCUT2D eigenvalue weighted by atomic mass is 9.68. The maximum atomic E-state index is 14.4. The Kier molecular flexibility index (Phi) is 5.46. The molecule has 2 aliphatic heterocycles. The summed E-state index contributed by atoms with van der Waals surface area (Å²) >= 11 is 6.04. The van der Waals surface area contributed by atoms with Crippen LogP contribution in [0.4, 0.5) is 5.69 Å². The minimum Gasteiger partial charge on any atom is -0.466 e. The number of para-hydroxylation sites is 1. The normalized spacial score (nSPS) is 18.2. The molecule has 9 nitrogen and oxygen atoms in total. The molecule has 0 unspecified atom stereocenters. The average Bonchev–Trinajstić information content (AvgIpc) is 3.34. The lowest BCUT2D eigenvalue weighted by molar-refractivity contribution is -0.142. The Balaban J connectivity index is 1.73. The van der Waals surface area contributed by atoms with Crippen LogP contribution in [-0.4, -0.2) is 28.7 Å². The van der Waals surface area contributed by atoms with Crippen LogP contribution in [0.2, 0.25) is 5.02 Å². The number of hydrogen-bond acceptors (Lipinski definition) is 7. The van der Waals surface area contributed by atoms with E-state index >= 15 is 0 Å². The molecule has 1 spiro atoms. The Bertz CT molecular complexity index is 1420. The number of hydrogen-bond donors (Lipinski definition) is 2. The van der Waals surface area contributed by atoms with Crippen molar-refractivity contribution in [1.82, 2.24) is 10.2 Å². The number of amides is 1. The van der Waals surface area contributed by atoms with Gasteiger partial charge in [0.1, 0.15) is 17.1 Å². The molecule has 0 bridgehead atoms. The largest absolute Gasteiger partial charge is 0.466 e. The van der Waals surface area contributed by atoms with Crippen LogP contribution < -0.4 is 15.4 Å². The number of nitrogens with zero attached hydrogens (tertiary/aromatic N) is 3. The quantitative estimate of drug-likeness (QED) is 0.526. The third kappa shape index (κ3) is 3.33. The molecule has 176 valence electrons. The molecule has 5 rings (SSSR count). The zero-order valence-corrected chi connectivity index (χ0v) is 19.4. The zero-order valence-electron chi connectivity index (χ0n) is 18.7. The van der Waals surface area contributed by atoms with Crippen molar-refractivity contribution in [1.29, 1.82) is 5.26 Å². The number of aromatic nitrogens is 2. The maximum absolute atomic E-state index is 14.4. The number of fused-ring (bicyclic) bond motifs is 4. The molecule has 3 aromatic rings. The van der Waals surface area contributed by atoms with Crippen LogP contribution in [0.25, 0.3) is 0 Å². The zero-order chi connectivity index (χ0) is 24.7. The molecule has 1 aromatic heterocycles. The molecule has 0 fully saturated rings. The molecule has 1 atom stereocenters. The summed E-state index contributed by atoms with van der Waals surface area (Å²) in [5.41, 5.74) is 7.07. The fourth-order valence-corrected chi connectivity index (χ4v) is 4.90. The van der Waals surface area contributed by atoms with E-state index < -0.39 is 17.3 Å². The summed E-state index contributed by atoms with van der Waals surface area (Å²) in [4.78, 5) is 28.3.